The molecule has 2 aromatic rings. The monoisotopic (exact) mass is 355 g/mol. The van der Waals surface area contributed by atoms with E-state index < -0.39 is 10.0 Å². The molecule has 1 aromatic heterocycles. The van der Waals surface area contributed by atoms with Crippen molar-refractivity contribution in [3.05, 3.63) is 35.5 Å². The van der Waals surface area contributed by atoms with Crippen LogP contribution in [0.15, 0.2) is 35.4 Å². The Bertz CT molecular complexity index is 791. The number of nitrogens with zero attached hydrogens (tertiary/aromatic N) is 4. The summed E-state index contributed by atoms with van der Waals surface area (Å²) in [4.78, 5) is 12.1. The lowest BCUT2D eigenvalue weighted by Gasteiger charge is -2.19. The van der Waals surface area contributed by atoms with Crippen molar-refractivity contribution in [2.24, 2.45) is 0 Å². The zero-order chi connectivity index (χ0) is 17.2. The smallest absolute Gasteiger partial charge is 0.262 e. The second-order valence-corrected chi connectivity index (χ2v) is 7.37. The third-order valence-electron chi connectivity index (χ3n) is 2.95. The number of aromatic nitrogens is 2. The van der Waals surface area contributed by atoms with Crippen molar-refractivity contribution in [1.82, 2.24) is 9.97 Å². The number of rotatable bonds is 5. The summed E-state index contributed by atoms with van der Waals surface area (Å²) < 4.78 is 27.4. The molecule has 0 spiro atoms. The number of hydrogen-bond donors (Lipinski definition) is 1. The molecule has 0 unspecified atom stereocenters. The molecule has 23 heavy (non-hydrogen) atoms. The zero-order valence-corrected chi connectivity index (χ0v) is 14.9. The molecule has 2 rings (SSSR count). The molecule has 1 heterocycles. The van der Waals surface area contributed by atoms with Crippen molar-refractivity contribution in [3.63, 3.8) is 0 Å². The molecule has 0 fully saturated rings. The van der Waals surface area contributed by atoms with Crippen LogP contribution in [0, 0.1) is 0 Å². The quantitative estimate of drug-likeness (QED) is 0.884. The standard InChI is InChI=1S/C14H18ClN5O2S/c1-19(2)13-12(9-16-14(17-13)20(3)4)18-23(21,22)11-7-5-10(15)6-8-11/h5-9,18H,1-4H3. The van der Waals surface area contributed by atoms with Crippen LogP contribution in [0.25, 0.3) is 0 Å². The molecule has 0 saturated carbocycles. The third-order valence-corrected chi connectivity index (χ3v) is 4.58. The van der Waals surface area contributed by atoms with Gasteiger partial charge in [0.15, 0.2) is 5.82 Å². The Morgan fingerprint density at radius 2 is 1.65 bits per heavy atom. The summed E-state index contributed by atoms with van der Waals surface area (Å²) in [7, 11) is 3.43. The topological polar surface area (TPSA) is 78.4 Å². The molecular weight excluding hydrogens is 338 g/mol. The molecule has 0 saturated heterocycles. The first kappa shape index (κ1) is 17.3. The SMILES string of the molecule is CN(C)c1ncc(NS(=O)(=O)c2ccc(Cl)cc2)c(N(C)C)n1. The van der Waals surface area contributed by atoms with E-state index in [0.717, 1.165) is 0 Å². The van der Waals surface area contributed by atoms with E-state index in [2.05, 4.69) is 14.7 Å². The maximum atomic E-state index is 12.5. The number of benzene rings is 1. The number of hydrogen-bond acceptors (Lipinski definition) is 6. The molecule has 0 aliphatic rings. The van der Waals surface area contributed by atoms with E-state index >= 15 is 0 Å². The molecule has 9 heteroatoms. The van der Waals surface area contributed by atoms with Crippen LogP contribution in [0.5, 0.6) is 0 Å². The van der Waals surface area contributed by atoms with Gasteiger partial charge in [-0.05, 0) is 24.3 Å². The molecule has 124 valence electrons. The summed E-state index contributed by atoms with van der Waals surface area (Å²) in [5.41, 5.74) is 0.301. The Balaban J connectivity index is 2.40. The molecule has 0 bridgehead atoms. The predicted octanol–water partition coefficient (Wildman–Crippen LogP) is 2.06. The molecule has 7 nitrogen and oxygen atoms in total. The first-order valence-electron chi connectivity index (χ1n) is 6.71. The van der Waals surface area contributed by atoms with Gasteiger partial charge in [-0.15, -0.1) is 0 Å². The predicted molar refractivity (Wildman–Crippen MR) is 92.9 cm³/mol. The van der Waals surface area contributed by atoms with Gasteiger partial charge in [-0.3, -0.25) is 4.72 Å². The number of sulfonamides is 1. The molecule has 0 atom stereocenters. The van der Waals surface area contributed by atoms with Gasteiger partial charge < -0.3 is 9.80 Å². The van der Waals surface area contributed by atoms with Gasteiger partial charge in [-0.1, -0.05) is 11.6 Å². The summed E-state index contributed by atoms with van der Waals surface area (Å²) >= 11 is 5.79. The average Bonchev–Trinajstić information content (AvgIpc) is 2.47. The molecule has 0 amide bonds. The Labute approximate surface area is 141 Å². The van der Waals surface area contributed by atoms with Crippen molar-refractivity contribution in [2.45, 2.75) is 4.90 Å². The zero-order valence-electron chi connectivity index (χ0n) is 13.3. The molecule has 0 radical (unpaired) electrons. The van der Waals surface area contributed by atoms with E-state index in [4.69, 9.17) is 11.6 Å². The average molecular weight is 356 g/mol. The Kier molecular flexibility index (Phi) is 4.96. The lowest BCUT2D eigenvalue weighted by molar-refractivity contribution is 0.601. The summed E-state index contributed by atoms with van der Waals surface area (Å²) in [6.07, 6.45) is 1.45. The second kappa shape index (κ2) is 6.59. The fourth-order valence-electron chi connectivity index (χ4n) is 1.81. The van der Waals surface area contributed by atoms with Crippen molar-refractivity contribution >= 4 is 39.1 Å². The minimum Gasteiger partial charge on any atom is -0.361 e. The van der Waals surface area contributed by atoms with E-state index in [9.17, 15) is 8.42 Å². The van der Waals surface area contributed by atoms with E-state index in [-0.39, 0.29) is 4.90 Å². The van der Waals surface area contributed by atoms with Gasteiger partial charge >= 0.3 is 0 Å². The normalized spacial score (nSPS) is 11.2. The Morgan fingerprint density at radius 3 is 2.17 bits per heavy atom. The molecular formula is C14H18ClN5O2S. The fraction of sp³-hybridized carbons (Fsp3) is 0.286. The van der Waals surface area contributed by atoms with Gasteiger partial charge in [0.25, 0.3) is 10.0 Å². The van der Waals surface area contributed by atoms with E-state index in [1.807, 2.05) is 14.1 Å². The minimum atomic E-state index is -3.75. The highest BCUT2D eigenvalue weighted by molar-refractivity contribution is 7.92. The van der Waals surface area contributed by atoms with Crippen LogP contribution in [-0.4, -0.2) is 46.6 Å². The van der Waals surface area contributed by atoms with Crippen molar-refractivity contribution in [3.8, 4) is 0 Å². The van der Waals surface area contributed by atoms with Crippen LogP contribution in [0.4, 0.5) is 17.5 Å². The van der Waals surface area contributed by atoms with Gasteiger partial charge in [0.05, 0.1) is 11.1 Å². The summed E-state index contributed by atoms with van der Waals surface area (Å²) in [5, 5.41) is 0.469. The largest absolute Gasteiger partial charge is 0.361 e. The molecule has 0 aliphatic carbocycles. The number of nitrogens with one attached hydrogen (secondary N) is 1. The fourth-order valence-corrected chi connectivity index (χ4v) is 2.98. The van der Waals surface area contributed by atoms with E-state index in [1.165, 1.54) is 30.5 Å². The molecule has 1 aromatic carbocycles. The van der Waals surface area contributed by atoms with Gasteiger partial charge in [0, 0.05) is 33.2 Å². The van der Waals surface area contributed by atoms with E-state index in [0.29, 0.717) is 22.5 Å². The first-order valence-corrected chi connectivity index (χ1v) is 8.57. The Hall–Kier alpha value is -2.06. The summed E-state index contributed by atoms with van der Waals surface area (Å²) in [6.45, 7) is 0. The van der Waals surface area contributed by atoms with E-state index in [1.54, 1.807) is 23.9 Å². The third kappa shape index (κ3) is 4.02. The maximum absolute atomic E-state index is 12.5. The van der Waals surface area contributed by atoms with Gasteiger partial charge in [-0.2, -0.15) is 4.98 Å². The van der Waals surface area contributed by atoms with Crippen LogP contribution in [0.1, 0.15) is 0 Å². The first-order chi connectivity index (χ1) is 10.7. The number of halogens is 1. The lowest BCUT2D eigenvalue weighted by atomic mass is 10.4. The van der Waals surface area contributed by atoms with Crippen LogP contribution in [-0.2, 0) is 10.0 Å². The maximum Gasteiger partial charge on any atom is 0.262 e. The second-order valence-electron chi connectivity index (χ2n) is 5.26. The highest BCUT2D eigenvalue weighted by Crippen LogP contribution is 2.26. The van der Waals surface area contributed by atoms with Gasteiger partial charge in [0.2, 0.25) is 5.95 Å². The van der Waals surface area contributed by atoms with Crippen molar-refractivity contribution in [1.29, 1.82) is 0 Å². The lowest BCUT2D eigenvalue weighted by Crippen LogP contribution is -2.21. The highest BCUT2D eigenvalue weighted by Gasteiger charge is 2.18. The van der Waals surface area contributed by atoms with Gasteiger partial charge in [0.1, 0.15) is 5.69 Å². The van der Waals surface area contributed by atoms with Crippen molar-refractivity contribution < 1.29 is 8.42 Å². The van der Waals surface area contributed by atoms with Crippen molar-refractivity contribution in [2.75, 3.05) is 42.7 Å². The van der Waals surface area contributed by atoms with Crippen LogP contribution < -0.4 is 14.5 Å². The molecule has 0 aliphatic heterocycles. The molecule has 1 N–H and O–H groups in total. The van der Waals surface area contributed by atoms with Crippen LogP contribution in [0.2, 0.25) is 5.02 Å². The summed E-state index contributed by atoms with van der Waals surface area (Å²) in [6, 6.07) is 5.92. The van der Waals surface area contributed by atoms with Crippen LogP contribution >= 0.6 is 11.6 Å². The Morgan fingerprint density at radius 1 is 1.04 bits per heavy atom. The number of anilines is 3. The highest BCUT2D eigenvalue weighted by atomic mass is 35.5. The van der Waals surface area contributed by atoms with Gasteiger partial charge in [-0.25, -0.2) is 13.4 Å². The minimum absolute atomic E-state index is 0.114. The summed E-state index contributed by atoms with van der Waals surface area (Å²) in [5.74, 6) is 0.962. The van der Waals surface area contributed by atoms with Crippen LogP contribution in [0.3, 0.4) is 0 Å².